The van der Waals surface area contributed by atoms with Crippen molar-refractivity contribution >= 4 is 5.97 Å². The van der Waals surface area contributed by atoms with Crippen molar-refractivity contribution in [2.75, 3.05) is 6.61 Å². The Kier molecular flexibility index (Phi) is 5.06. The SMILES string of the molecule is CC1C2CC(C1C)C(C)(C(=O)OCC(F)(F)C(F)(F)C(F)(F)C(F)(F)F)C2. The molecular weight excluding hydrogens is 395 g/mol. The van der Waals surface area contributed by atoms with Crippen molar-refractivity contribution in [2.24, 2.45) is 29.1 Å². The standard InChI is InChI=1S/C16H19F9O2/c1-7-8(2)10-4-9(7)5-12(10,3)11(26)27-6-13(17,18)14(19,20)15(21,22)16(23,24)25/h7-10H,4-6H2,1-3H3. The molecule has 5 atom stereocenters. The average Bonchev–Trinajstić information content (AvgIpc) is 3.00. The number of esters is 1. The number of hydrogen-bond acceptors (Lipinski definition) is 2. The zero-order chi connectivity index (χ0) is 21.2. The number of ether oxygens (including phenoxy) is 1. The summed E-state index contributed by atoms with van der Waals surface area (Å²) in [5.41, 5.74) is -1.27. The summed E-state index contributed by atoms with van der Waals surface area (Å²) in [6, 6.07) is 0. The summed E-state index contributed by atoms with van der Waals surface area (Å²) >= 11 is 0. The normalized spacial score (nSPS) is 34.8. The van der Waals surface area contributed by atoms with Crippen LogP contribution in [-0.2, 0) is 9.53 Å². The van der Waals surface area contributed by atoms with Crippen LogP contribution in [0.2, 0.25) is 0 Å². The van der Waals surface area contributed by atoms with Crippen LogP contribution in [-0.4, -0.2) is 36.5 Å². The molecule has 0 aliphatic heterocycles. The summed E-state index contributed by atoms with van der Waals surface area (Å²) in [6.07, 6.45) is -6.04. The monoisotopic (exact) mass is 414 g/mol. The smallest absolute Gasteiger partial charge is 0.459 e. The van der Waals surface area contributed by atoms with E-state index in [0.29, 0.717) is 6.42 Å². The first-order chi connectivity index (χ1) is 11.9. The van der Waals surface area contributed by atoms with Gasteiger partial charge in [-0.1, -0.05) is 13.8 Å². The lowest BCUT2D eigenvalue weighted by atomic mass is 9.67. The first-order valence-electron chi connectivity index (χ1n) is 8.27. The number of halogens is 9. The number of hydrogen-bond donors (Lipinski definition) is 0. The Bertz CT molecular complexity index is 599. The molecule has 2 aliphatic carbocycles. The summed E-state index contributed by atoms with van der Waals surface area (Å²) < 4.78 is 120. The van der Waals surface area contributed by atoms with E-state index in [1.165, 1.54) is 6.92 Å². The molecular formula is C16H19F9O2. The predicted octanol–water partition coefficient (Wildman–Crippen LogP) is 5.32. The van der Waals surface area contributed by atoms with Gasteiger partial charge >= 0.3 is 29.9 Å². The van der Waals surface area contributed by atoms with Gasteiger partial charge < -0.3 is 4.74 Å². The molecule has 0 aromatic heterocycles. The van der Waals surface area contributed by atoms with Crippen LogP contribution in [0.5, 0.6) is 0 Å². The van der Waals surface area contributed by atoms with E-state index in [2.05, 4.69) is 4.74 Å². The van der Waals surface area contributed by atoms with Crippen molar-refractivity contribution < 1.29 is 49.0 Å². The molecule has 158 valence electrons. The Morgan fingerprint density at radius 1 is 0.963 bits per heavy atom. The maximum atomic E-state index is 13.5. The molecule has 0 saturated heterocycles. The molecule has 0 spiro atoms. The van der Waals surface area contributed by atoms with E-state index in [1.54, 1.807) is 0 Å². The van der Waals surface area contributed by atoms with Crippen LogP contribution in [0.1, 0.15) is 33.6 Å². The van der Waals surface area contributed by atoms with E-state index >= 15 is 0 Å². The van der Waals surface area contributed by atoms with Crippen LogP contribution in [0.3, 0.4) is 0 Å². The first-order valence-corrected chi connectivity index (χ1v) is 8.27. The molecule has 5 unspecified atom stereocenters. The van der Waals surface area contributed by atoms with Gasteiger partial charge in [0.25, 0.3) is 0 Å². The number of alkyl halides is 9. The van der Waals surface area contributed by atoms with E-state index in [-0.39, 0.29) is 30.1 Å². The van der Waals surface area contributed by atoms with Gasteiger partial charge in [0.15, 0.2) is 6.61 Å². The third-order valence-electron chi connectivity index (χ3n) is 6.33. The maximum Gasteiger partial charge on any atom is 0.460 e. The number of rotatable bonds is 5. The molecule has 27 heavy (non-hydrogen) atoms. The van der Waals surface area contributed by atoms with Crippen molar-refractivity contribution in [3.63, 3.8) is 0 Å². The van der Waals surface area contributed by atoms with Gasteiger partial charge in [0.2, 0.25) is 0 Å². The van der Waals surface area contributed by atoms with Gasteiger partial charge in [-0.25, -0.2) is 0 Å². The molecule has 2 fully saturated rings. The Labute approximate surface area is 149 Å². The van der Waals surface area contributed by atoms with Crippen LogP contribution in [0, 0.1) is 29.1 Å². The minimum atomic E-state index is -6.99. The predicted molar refractivity (Wildman–Crippen MR) is 74.5 cm³/mol. The van der Waals surface area contributed by atoms with E-state index < -0.39 is 41.9 Å². The molecule has 2 saturated carbocycles. The minimum absolute atomic E-state index is 0.0258. The van der Waals surface area contributed by atoms with Crippen LogP contribution in [0.15, 0.2) is 0 Å². The van der Waals surface area contributed by atoms with E-state index in [4.69, 9.17) is 0 Å². The van der Waals surface area contributed by atoms with E-state index in [1.807, 2.05) is 13.8 Å². The van der Waals surface area contributed by atoms with Crippen LogP contribution < -0.4 is 0 Å². The lowest BCUT2D eigenvalue weighted by Crippen LogP contribution is -2.62. The van der Waals surface area contributed by atoms with Gasteiger partial charge in [0.1, 0.15) is 0 Å². The van der Waals surface area contributed by atoms with Crippen LogP contribution in [0.4, 0.5) is 39.5 Å². The van der Waals surface area contributed by atoms with Gasteiger partial charge in [-0.15, -0.1) is 0 Å². The maximum absolute atomic E-state index is 13.5. The molecule has 0 radical (unpaired) electrons. The number of fused-ring (bicyclic) bond motifs is 2. The Balaban J connectivity index is 2.12. The number of carbonyl (C=O) groups is 1. The van der Waals surface area contributed by atoms with Gasteiger partial charge in [-0.2, -0.15) is 39.5 Å². The summed E-state index contributed by atoms with van der Waals surface area (Å²) in [5.74, 6) is -20.9. The van der Waals surface area contributed by atoms with Gasteiger partial charge in [-0.3, -0.25) is 4.79 Å². The van der Waals surface area contributed by atoms with Gasteiger partial charge in [-0.05, 0) is 43.4 Å². The van der Waals surface area contributed by atoms with Crippen molar-refractivity contribution in [3.05, 3.63) is 0 Å². The molecule has 2 nitrogen and oxygen atoms in total. The summed E-state index contributed by atoms with van der Waals surface area (Å²) in [7, 11) is 0. The van der Waals surface area contributed by atoms with E-state index in [9.17, 15) is 44.3 Å². The Morgan fingerprint density at radius 2 is 1.48 bits per heavy atom. The quantitative estimate of drug-likeness (QED) is 0.450. The average molecular weight is 414 g/mol. The summed E-state index contributed by atoms with van der Waals surface area (Å²) in [4.78, 5) is 12.2. The fourth-order valence-corrected chi connectivity index (χ4v) is 4.41. The van der Waals surface area contributed by atoms with E-state index in [0.717, 1.165) is 0 Å². The second kappa shape index (κ2) is 6.17. The molecule has 2 rings (SSSR count). The van der Waals surface area contributed by atoms with Crippen molar-refractivity contribution in [3.8, 4) is 0 Å². The zero-order valence-electron chi connectivity index (χ0n) is 14.6. The third-order valence-corrected chi connectivity index (χ3v) is 6.33. The molecule has 11 heteroatoms. The molecule has 0 N–H and O–H groups in total. The van der Waals surface area contributed by atoms with Crippen molar-refractivity contribution in [1.82, 2.24) is 0 Å². The lowest BCUT2D eigenvalue weighted by molar-refractivity contribution is -0.399. The third kappa shape index (κ3) is 3.08. The molecule has 0 aromatic rings. The van der Waals surface area contributed by atoms with Crippen molar-refractivity contribution in [1.29, 1.82) is 0 Å². The first kappa shape index (κ1) is 22.1. The Hall–Kier alpha value is -1.16. The van der Waals surface area contributed by atoms with Gasteiger partial charge in [0, 0.05) is 0 Å². The largest absolute Gasteiger partial charge is 0.460 e. The highest BCUT2D eigenvalue weighted by Crippen LogP contribution is 2.61. The van der Waals surface area contributed by atoms with Gasteiger partial charge in [0.05, 0.1) is 5.41 Å². The highest BCUT2D eigenvalue weighted by Gasteiger charge is 2.82. The summed E-state index contributed by atoms with van der Waals surface area (Å²) in [6.45, 7) is 2.63. The fraction of sp³-hybridized carbons (Fsp3) is 0.938. The highest BCUT2D eigenvalue weighted by atomic mass is 19.4. The molecule has 0 amide bonds. The highest BCUT2D eigenvalue weighted by molar-refractivity contribution is 5.77. The lowest BCUT2D eigenvalue weighted by Gasteiger charge is -2.39. The van der Waals surface area contributed by atoms with Crippen LogP contribution >= 0.6 is 0 Å². The second-order valence-electron chi connectivity index (χ2n) is 7.87. The van der Waals surface area contributed by atoms with Crippen LogP contribution in [0.25, 0.3) is 0 Å². The fourth-order valence-electron chi connectivity index (χ4n) is 4.41. The minimum Gasteiger partial charge on any atom is -0.459 e. The molecule has 2 aliphatic rings. The summed E-state index contributed by atoms with van der Waals surface area (Å²) in [5, 5.41) is 0. The Morgan fingerprint density at radius 3 is 1.89 bits per heavy atom. The molecule has 0 aromatic carbocycles. The van der Waals surface area contributed by atoms with Crippen molar-refractivity contribution in [2.45, 2.75) is 57.6 Å². The molecule has 2 bridgehead atoms. The second-order valence-corrected chi connectivity index (χ2v) is 7.87. The zero-order valence-corrected chi connectivity index (χ0v) is 14.6. The molecule has 0 heterocycles. The number of carbonyl (C=O) groups excluding carboxylic acids is 1. The topological polar surface area (TPSA) is 26.3 Å².